The molecular formula is C17H24NO9-. The topological polar surface area (TPSA) is 132 Å². The van der Waals surface area contributed by atoms with Crippen LogP contribution in [0.25, 0.3) is 0 Å². The number of carbonyl (C=O) groups is 4. The second kappa shape index (κ2) is 10.0. The van der Waals surface area contributed by atoms with Crippen LogP contribution in [-0.4, -0.2) is 66.0 Å². The summed E-state index contributed by atoms with van der Waals surface area (Å²) in [5.74, 6) is -2.60. The second-order valence-corrected chi connectivity index (χ2v) is 5.89. The molecule has 0 aliphatic carbocycles. The molecule has 0 aromatic rings. The molecule has 1 fully saturated rings. The lowest BCUT2D eigenvalue weighted by Crippen LogP contribution is -2.69. The summed E-state index contributed by atoms with van der Waals surface area (Å²) in [7, 11) is 0. The molecule has 0 saturated carbocycles. The maximum Gasteiger partial charge on any atom is 0.303 e. The van der Waals surface area contributed by atoms with Gasteiger partial charge in [0.2, 0.25) is 5.91 Å². The van der Waals surface area contributed by atoms with Crippen LogP contribution >= 0.6 is 0 Å². The molecular weight excluding hydrogens is 362 g/mol. The van der Waals surface area contributed by atoms with Crippen LogP contribution in [0.5, 0.6) is 0 Å². The quantitative estimate of drug-likeness (QED) is 0.427. The van der Waals surface area contributed by atoms with Gasteiger partial charge in [0.15, 0.2) is 12.2 Å². The van der Waals surface area contributed by atoms with E-state index < -0.39 is 54.5 Å². The lowest BCUT2D eigenvalue weighted by molar-refractivity contribution is -0.523. The predicted octanol–water partition coefficient (Wildman–Crippen LogP) is -0.751. The zero-order valence-electron chi connectivity index (χ0n) is 15.9. The molecule has 1 rings (SSSR count). The van der Waals surface area contributed by atoms with Crippen molar-refractivity contribution in [3.05, 3.63) is 12.3 Å². The zero-order chi connectivity index (χ0) is 20.7. The van der Waals surface area contributed by atoms with Gasteiger partial charge in [0.05, 0.1) is 6.04 Å². The van der Waals surface area contributed by atoms with Crippen molar-refractivity contribution in [3.63, 3.8) is 0 Å². The molecule has 27 heavy (non-hydrogen) atoms. The average Bonchev–Trinajstić information content (AvgIpc) is 2.53. The van der Waals surface area contributed by atoms with Crippen molar-refractivity contribution < 1.29 is 43.2 Å². The van der Waals surface area contributed by atoms with Gasteiger partial charge >= 0.3 is 17.9 Å². The van der Waals surface area contributed by atoms with Gasteiger partial charge in [-0.1, -0.05) is 6.08 Å². The monoisotopic (exact) mass is 386 g/mol. The van der Waals surface area contributed by atoms with Gasteiger partial charge in [0, 0.05) is 40.2 Å². The van der Waals surface area contributed by atoms with Crippen LogP contribution in [-0.2, 0) is 38.1 Å². The van der Waals surface area contributed by atoms with Crippen LogP contribution in [0.15, 0.2) is 12.3 Å². The summed E-state index contributed by atoms with van der Waals surface area (Å²) in [6.45, 7) is 5.87. The van der Waals surface area contributed by atoms with E-state index in [2.05, 4.69) is 0 Å². The molecule has 0 spiro atoms. The number of carbonyl (C=O) groups excluding carboxylic acids is 4. The maximum atomic E-state index is 12.7. The maximum absolute atomic E-state index is 12.7. The number of ether oxygens (including phenoxy) is 4. The molecule has 1 aliphatic heterocycles. The fourth-order valence-corrected chi connectivity index (χ4v) is 2.75. The summed E-state index contributed by atoms with van der Waals surface area (Å²) >= 11 is 0. The van der Waals surface area contributed by atoms with Crippen LogP contribution in [0.2, 0.25) is 0 Å². The number of allylic oxidation sites excluding steroid dienone is 1. The van der Waals surface area contributed by atoms with Gasteiger partial charge in [0.1, 0.15) is 12.7 Å². The Kier molecular flexibility index (Phi) is 8.38. The minimum Gasteiger partial charge on any atom is -0.829 e. The Balaban J connectivity index is 3.33. The molecule has 0 aromatic carbocycles. The average molecular weight is 386 g/mol. The van der Waals surface area contributed by atoms with E-state index >= 15 is 0 Å². The highest BCUT2D eigenvalue weighted by Gasteiger charge is 2.49. The predicted molar refractivity (Wildman–Crippen MR) is 87.5 cm³/mol. The van der Waals surface area contributed by atoms with Gasteiger partial charge in [-0.25, -0.2) is 0 Å². The molecule has 0 bridgehead atoms. The minimum atomic E-state index is -1.85. The summed E-state index contributed by atoms with van der Waals surface area (Å²) in [4.78, 5) is 47.3. The van der Waals surface area contributed by atoms with Gasteiger partial charge in [-0.2, -0.15) is 0 Å². The Hall–Kier alpha value is -2.46. The minimum absolute atomic E-state index is 0.389. The van der Waals surface area contributed by atoms with E-state index in [0.717, 1.165) is 25.7 Å². The Morgan fingerprint density at radius 2 is 1.56 bits per heavy atom. The van der Waals surface area contributed by atoms with E-state index in [9.17, 15) is 24.3 Å². The lowest BCUT2D eigenvalue weighted by atomic mass is 9.95. The molecule has 0 unspecified atom stereocenters. The Morgan fingerprint density at radius 1 is 1.00 bits per heavy atom. The van der Waals surface area contributed by atoms with Crippen LogP contribution in [0, 0.1) is 0 Å². The molecule has 1 saturated heterocycles. The first-order valence-corrected chi connectivity index (χ1v) is 8.29. The van der Waals surface area contributed by atoms with Crippen molar-refractivity contribution in [1.29, 1.82) is 0 Å². The molecule has 1 aliphatic rings. The summed E-state index contributed by atoms with van der Waals surface area (Å²) in [6.07, 6.45) is -2.72. The fourth-order valence-electron chi connectivity index (χ4n) is 2.75. The number of hydrogen-bond acceptors (Lipinski definition) is 9. The lowest BCUT2D eigenvalue weighted by Gasteiger charge is -2.50. The molecule has 1 heterocycles. The molecule has 0 aromatic heterocycles. The molecule has 152 valence electrons. The zero-order valence-corrected chi connectivity index (χ0v) is 15.9. The number of hydrogen-bond donors (Lipinski definition) is 0. The third kappa shape index (κ3) is 6.33. The van der Waals surface area contributed by atoms with Crippen molar-refractivity contribution in [2.45, 2.75) is 65.3 Å². The van der Waals surface area contributed by atoms with Crippen molar-refractivity contribution >= 4 is 23.8 Å². The normalized spacial score (nSPS) is 27.7. The van der Waals surface area contributed by atoms with E-state index in [1.807, 2.05) is 0 Å². The SMILES string of the molecule is C/C=C/N(C(C)=O)[C@@H]1[C@@H](OC(C)=O)[C@H](OC(C)=O)[C@@H](COC(C)=O)O[C@H]1[O-]. The van der Waals surface area contributed by atoms with Gasteiger partial charge < -0.3 is 29.0 Å². The Labute approximate surface area is 157 Å². The number of esters is 3. The summed E-state index contributed by atoms with van der Waals surface area (Å²) in [6, 6.07) is -1.29. The third-order valence-corrected chi connectivity index (χ3v) is 3.66. The summed E-state index contributed by atoms with van der Waals surface area (Å²) < 4.78 is 20.6. The largest absolute Gasteiger partial charge is 0.829 e. The molecule has 10 heteroatoms. The van der Waals surface area contributed by atoms with Crippen LogP contribution < -0.4 is 5.11 Å². The first-order chi connectivity index (χ1) is 12.6. The van der Waals surface area contributed by atoms with E-state index in [0.29, 0.717) is 0 Å². The highest BCUT2D eigenvalue weighted by molar-refractivity contribution is 5.75. The summed E-state index contributed by atoms with van der Waals surface area (Å²) in [5, 5.41) is 12.7. The number of rotatable bonds is 6. The Bertz CT molecular complexity index is 603. The van der Waals surface area contributed by atoms with Gasteiger partial charge in [-0.05, 0) is 6.92 Å². The van der Waals surface area contributed by atoms with Crippen molar-refractivity contribution in [3.8, 4) is 0 Å². The molecule has 0 N–H and O–H groups in total. The fraction of sp³-hybridized carbons (Fsp3) is 0.647. The first-order valence-electron chi connectivity index (χ1n) is 8.29. The highest BCUT2D eigenvalue weighted by Crippen LogP contribution is 2.28. The van der Waals surface area contributed by atoms with Gasteiger partial charge in [0.25, 0.3) is 0 Å². The molecule has 1 amide bonds. The molecule has 0 radical (unpaired) electrons. The number of amides is 1. The van der Waals surface area contributed by atoms with E-state index in [-0.39, 0.29) is 6.61 Å². The molecule has 5 atom stereocenters. The summed E-state index contributed by atoms with van der Waals surface area (Å²) in [5.41, 5.74) is 0. The van der Waals surface area contributed by atoms with E-state index in [1.165, 1.54) is 19.2 Å². The van der Waals surface area contributed by atoms with Gasteiger partial charge in [-0.3, -0.25) is 19.2 Å². The van der Waals surface area contributed by atoms with Crippen LogP contribution in [0.3, 0.4) is 0 Å². The third-order valence-electron chi connectivity index (χ3n) is 3.66. The number of nitrogens with zero attached hydrogens (tertiary/aromatic N) is 1. The van der Waals surface area contributed by atoms with E-state index in [1.54, 1.807) is 6.92 Å². The Morgan fingerprint density at radius 3 is 2.00 bits per heavy atom. The smallest absolute Gasteiger partial charge is 0.303 e. The van der Waals surface area contributed by atoms with Crippen molar-refractivity contribution in [2.75, 3.05) is 6.61 Å². The van der Waals surface area contributed by atoms with Crippen LogP contribution in [0.4, 0.5) is 0 Å². The second-order valence-electron chi connectivity index (χ2n) is 5.89. The molecule has 10 nitrogen and oxygen atoms in total. The first kappa shape index (κ1) is 22.6. The van der Waals surface area contributed by atoms with Crippen molar-refractivity contribution in [1.82, 2.24) is 4.90 Å². The van der Waals surface area contributed by atoms with E-state index in [4.69, 9.17) is 18.9 Å². The highest BCUT2D eigenvalue weighted by atomic mass is 16.7. The van der Waals surface area contributed by atoms with Crippen LogP contribution in [0.1, 0.15) is 34.6 Å². The van der Waals surface area contributed by atoms with Crippen molar-refractivity contribution in [2.24, 2.45) is 0 Å². The van der Waals surface area contributed by atoms with Gasteiger partial charge in [-0.15, -0.1) is 0 Å². The standard InChI is InChI=1S/C17H24NO9/c1-6-7-18(9(2)19)14-16(26-12(5)22)15(25-11(4)21)13(27-17(14)23)8-24-10(3)20/h6-7,13-17H,8H2,1-5H3/q-1/b7-6+/t13-,14-,15-,16-,17-/m1/s1.